The maximum atomic E-state index is 12.8. The Kier molecular flexibility index (Phi) is 5.46. The van der Waals surface area contributed by atoms with Gasteiger partial charge in [0, 0.05) is 38.2 Å². The van der Waals surface area contributed by atoms with Gasteiger partial charge in [-0.25, -0.2) is 0 Å². The van der Waals surface area contributed by atoms with Crippen molar-refractivity contribution in [2.75, 3.05) is 19.6 Å². The van der Waals surface area contributed by atoms with E-state index in [9.17, 15) is 9.59 Å². The zero-order chi connectivity index (χ0) is 17.9. The number of amides is 2. The Balaban J connectivity index is 1.30. The molecule has 0 aromatic carbocycles. The predicted octanol–water partition coefficient (Wildman–Crippen LogP) is 4.03. The predicted molar refractivity (Wildman–Crippen MR) is 102 cm³/mol. The fourth-order valence-corrected chi connectivity index (χ4v) is 5.30. The van der Waals surface area contributed by atoms with E-state index < -0.39 is 0 Å². The van der Waals surface area contributed by atoms with Crippen LogP contribution in [0.15, 0.2) is 23.4 Å². The fourth-order valence-electron chi connectivity index (χ4n) is 5.30. The molecule has 2 aliphatic heterocycles. The SMILES string of the molecule is O=C(CCC(=O)N1CCCC2CCCC=C21)N1CCC2CCCC=C2C1. The van der Waals surface area contributed by atoms with Gasteiger partial charge >= 0.3 is 0 Å². The highest BCUT2D eigenvalue weighted by Gasteiger charge is 2.31. The second-order valence-corrected chi connectivity index (χ2v) is 8.46. The van der Waals surface area contributed by atoms with Crippen LogP contribution in [0.4, 0.5) is 0 Å². The smallest absolute Gasteiger partial charge is 0.227 e. The van der Waals surface area contributed by atoms with Crippen LogP contribution < -0.4 is 0 Å². The highest BCUT2D eigenvalue weighted by atomic mass is 16.2. The molecule has 4 nitrogen and oxygen atoms in total. The lowest BCUT2D eigenvalue weighted by Gasteiger charge is -2.38. The van der Waals surface area contributed by atoms with E-state index in [0.29, 0.717) is 24.7 Å². The number of likely N-dealkylation sites (tertiary alicyclic amines) is 2. The number of hydrogen-bond donors (Lipinski definition) is 0. The molecule has 0 aromatic rings. The molecule has 4 aliphatic rings. The summed E-state index contributed by atoms with van der Waals surface area (Å²) in [6, 6.07) is 0. The van der Waals surface area contributed by atoms with Gasteiger partial charge in [0.2, 0.25) is 11.8 Å². The quantitative estimate of drug-likeness (QED) is 0.716. The summed E-state index contributed by atoms with van der Waals surface area (Å²) in [6.07, 6.45) is 16.1. The Morgan fingerprint density at radius 3 is 2.46 bits per heavy atom. The molecule has 0 saturated carbocycles. The van der Waals surface area contributed by atoms with Crippen LogP contribution in [0.3, 0.4) is 0 Å². The van der Waals surface area contributed by atoms with E-state index in [4.69, 9.17) is 0 Å². The van der Waals surface area contributed by atoms with Gasteiger partial charge in [0.05, 0.1) is 0 Å². The Labute approximate surface area is 157 Å². The van der Waals surface area contributed by atoms with Gasteiger partial charge in [0.1, 0.15) is 0 Å². The lowest BCUT2D eigenvalue weighted by atomic mass is 9.82. The maximum Gasteiger partial charge on any atom is 0.227 e. The Morgan fingerprint density at radius 2 is 1.58 bits per heavy atom. The van der Waals surface area contributed by atoms with Gasteiger partial charge in [-0.1, -0.05) is 17.7 Å². The Morgan fingerprint density at radius 1 is 0.846 bits per heavy atom. The highest BCUT2D eigenvalue weighted by molar-refractivity contribution is 5.85. The van der Waals surface area contributed by atoms with Crippen LogP contribution in [0.25, 0.3) is 0 Å². The molecule has 0 spiro atoms. The average Bonchev–Trinajstić information content (AvgIpc) is 2.71. The summed E-state index contributed by atoms with van der Waals surface area (Å²) in [4.78, 5) is 29.4. The van der Waals surface area contributed by atoms with Crippen molar-refractivity contribution in [2.24, 2.45) is 11.8 Å². The summed E-state index contributed by atoms with van der Waals surface area (Å²) in [5.74, 6) is 1.60. The zero-order valence-corrected chi connectivity index (χ0v) is 15.9. The number of fused-ring (bicyclic) bond motifs is 2. The molecule has 2 aliphatic carbocycles. The number of carbonyl (C=O) groups is 2. The number of allylic oxidation sites excluding steroid dienone is 3. The second-order valence-electron chi connectivity index (χ2n) is 8.46. The molecule has 0 radical (unpaired) electrons. The van der Waals surface area contributed by atoms with E-state index in [2.05, 4.69) is 12.2 Å². The summed E-state index contributed by atoms with van der Waals surface area (Å²) < 4.78 is 0. The third kappa shape index (κ3) is 3.74. The van der Waals surface area contributed by atoms with E-state index in [0.717, 1.165) is 45.3 Å². The Bertz CT molecular complexity index is 622. The average molecular weight is 357 g/mol. The molecule has 4 heteroatoms. The van der Waals surface area contributed by atoms with Crippen molar-refractivity contribution in [2.45, 2.75) is 70.6 Å². The van der Waals surface area contributed by atoms with Crippen LogP contribution in [0.5, 0.6) is 0 Å². The third-order valence-electron chi connectivity index (χ3n) is 6.79. The van der Waals surface area contributed by atoms with Crippen molar-refractivity contribution in [1.82, 2.24) is 9.80 Å². The first kappa shape index (κ1) is 17.8. The fraction of sp³-hybridized carbons (Fsp3) is 0.727. The molecule has 4 rings (SSSR count). The van der Waals surface area contributed by atoms with Crippen LogP contribution in [0.2, 0.25) is 0 Å². The second kappa shape index (κ2) is 7.98. The molecular formula is C22H32N2O2. The van der Waals surface area contributed by atoms with Crippen LogP contribution >= 0.6 is 0 Å². The van der Waals surface area contributed by atoms with Crippen LogP contribution in [0.1, 0.15) is 70.6 Å². The lowest BCUT2D eigenvalue weighted by molar-refractivity contribution is -0.137. The standard InChI is InChI=1S/C22H32N2O2/c25-21(23-15-13-17-6-1-2-8-19(17)16-23)11-12-22(26)24-14-5-9-18-7-3-4-10-20(18)24/h8,10,17-18H,1-7,9,11-16H2. The first-order valence-electron chi connectivity index (χ1n) is 10.7. The molecule has 2 saturated heterocycles. The molecular weight excluding hydrogens is 324 g/mol. The lowest BCUT2D eigenvalue weighted by Crippen LogP contribution is -2.42. The number of carbonyl (C=O) groups excluding carboxylic acids is 2. The number of hydrogen-bond acceptors (Lipinski definition) is 2. The molecule has 2 heterocycles. The van der Waals surface area contributed by atoms with Crippen molar-refractivity contribution in [3.05, 3.63) is 23.4 Å². The van der Waals surface area contributed by atoms with E-state index in [1.54, 1.807) is 0 Å². The van der Waals surface area contributed by atoms with E-state index in [-0.39, 0.29) is 11.8 Å². The maximum absolute atomic E-state index is 12.8. The monoisotopic (exact) mass is 356 g/mol. The molecule has 0 bridgehead atoms. The summed E-state index contributed by atoms with van der Waals surface area (Å²) in [5.41, 5.74) is 2.72. The summed E-state index contributed by atoms with van der Waals surface area (Å²) in [5, 5.41) is 0. The van der Waals surface area contributed by atoms with Crippen molar-refractivity contribution in [3.63, 3.8) is 0 Å². The summed E-state index contributed by atoms with van der Waals surface area (Å²) >= 11 is 0. The molecule has 0 N–H and O–H groups in total. The number of rotatable bonds is 3. The minimum Gasteiger partial charge on any atom is -0.339 e. The molecule has 2 unspecified atom stereocenters. The van der Waals surface area contributed by atoms with E-state index in [1.807, 2.05) is 9.80 Å². The number of piperidine rings is 2. The van der Waals surface area contributed by atoms with Gasteiger partial charge in [0.15, 0.2) is 0 Å². The van der Waals surface area contributed by atoms with Gasteiger partial charge < -0.3 is 9.80 Å². The van der Waals surface area contributed by atoms with Crippen molar-refractivity contribution in [3.8, 4) is 0 Å². The minimum absolute atomic E-state index is 0.156. The topological polar surface area (TPSA) is 40.6 Å². The zero-order valence-electron chi connectivity index (χ0n) is 15.9. The van der Waals surface area contributed by atoms with Gasteiger partial charge in [-0.15, -0.1) is 0 Å². The molecule has 2 amide bonds. The van der Waals surface area contributed by atoms with Crippen molar-refractivity contribution < 1.29 is 9.59 Å². The Hall–Kier alpha value is -1.58. The largest absolute Gasteiger partial charge is 0.339 e. The van der Waals surface area contributed by atoms with Crippen LogP contribution in [-0.4, -0.2) is 41.2 Å². The third-order valence-corrected chi connectivity index (χ3v) is 6.79. The highest BCUT2D eigenvalue weighted by Crippen LogP contribution is 2.35. The summed E-state index contributed by atoms with van der Waals surface area (Å²) in [7, 11) is 0. The number of nitrogens with zero attached hydrogens (tertiary/aromatic N) is 2. The van der Waals surface area contributed by atoms with Crippen molar-refractivity contribution in [1.29, 1.82) is 0 Å². The molecule has 142 valence electrons. The van der Waals surface area contributed by atoms with Gasteiger partial charge in [-0.3, -0.25) is 9.59 Å². The normalized spacial score (nSPS) is 28.6. The van der Waals surface area contributed by atoms with Crippen molar-refractivity contribution >= 4 is 11.8 Å². The summed E-state index contributed by atoms with van der Waals surface area (Å²) in [6.45, 7) is 2.51. The first-order valence-corrected chi connectivity index (χ1v) is 10.7. The molecule has 2 atom stereocenters. The van der Waals surface area contributed by atoms with Gasteiger partial charge in [-0.05, 0) is 69.6 Å². The molecule has 2 fully saturated rings. The van der Waals surface area contributed by atoms with Gasteiger partial charge in [-0.2, -0.15) is 0 Å². The van der Waals surface area contributed by atoms with Crippen LogP contribution in [0, 0.1) is 11.8 Å². The minimum atomic E-state index is 0.156. The van der Waals surface area contributed by atoms with Crippen LogP contribution in [-0.2, 0) is 9.59 Å². The van der Waals surface area contributed by atoms with E-state index in [1.165, 1.54) is 43.4 Å². The molecule has 0 aromatic heterocycles. The van der Waals surface area contributed by atoms with Gasteiger partial charge in [0.25, 0.3) is 0 Å². The molecule has 26 heavy (non-hydrogen) atoms. The van der Waals surface area contributed by atoms with E-state index >= 15 is 0 Å². The first-order chi connectivity index (χ1) is 12.7.